The van der Waals surface area contributed by atoms with Crippen molar-refractivity contribution < 1.29 is 23.1 Å². The number of rotatable bonds is 7. The van der Waals surface area contributed by atoms with Gasteiger partial charge in [-0.15, -0.1) is 0 Å². The molecule has 8 heteroatoms. The largest absolute Gasteiger partial charge is 0.480 e. The van der Waals surface area contributed by atoms with Crippen molar-refractivity contribution in [1.29, 1.82) is 0 Å². The van der Waals surface area contributed by atoms with Gasteiger partial charge in [-0.1, -0.05) is 6.07 Å². The van der Waals surface area contributed by atoms with Gasteiger partial charge < -0.3 is 10.4 Å². The maximum absolute atomic E-state index is 12.2. The Hall–Kier alpha value is -1.93. The first-order chi connectivity index (χ1) is 10.7. The van der Waals surface area contributed by atoms with Gasteiger partial charge in [-0.25, -0.2) is 17.9 Å². The minimum atomic E-state index is -3.71. The van der Waals surface area contributed by atoms with Crippen molar-refractivity contribution in [2.45, 2.75) is 43.7 Å². The molecule has 0 heterocycles. The van der Waals surface area contributed by atoms with Gasteiger partial charge in [0.05, 0.1) is 4.90 Å². The molecule has 1 aliphatic rings. The molecule has 0 bridgehead atoms. The molecule has 1 unspecified atom stereocenters. The fourth-order valence-corrected chi connectivity index (χ4v) is 3.51. The summed E-state index contributed by atoms with van der Waals surface area (Å²) in [6.07, 6.45) is 1.54. The summed E-state index contributed by atoms with van der Waals surface area (Å²) in [6, 6.07) is 4.33. The lowest BCUT2D eigenvalue weighted by Gasteiger charge is -2.14. The van der Waals surface area contributed by atoms with Crippen LogP contribution in [0.4, 0.5) is 0 Å². The molecule has 0 radical (unpaired) electrons. The normalized spacial score (nSPS) is 16.1. The number of hydrogen-bond donors (Lipinski definition) is 3. The predicted octanol–water partition coefficient (Wildman–Crippen LogP) is 0.966. The van der Waals surface area contributed by atoms with Crippen LogP contribution in [0.2, 0.25) is 0 Å². The topological polar surface area (TPSA) is 113 Å². The van der Waals surface area contributed by atoms with E-state index in [9.17, 15) is 18.0 Å². The van der Waals surface area contributed by atoms with Crippen LogP contribution in [0.5, 0.6) is 0 Å². The lowest BCUT2D eigenvalue weighted by Crippen LogP contribution is -2.42. The van der Waals surface area contributed by atoms with E-state index in [-0.39, 0.29) is 22.4 Å². The maximum atomic E-state index is 12.2. The average Bonchev–Trinajstić information content (AvgIpc) is 3.27. The summed E-state index contributed by atoms with van der Waals surface area (Å²) in [4.78, 5) is 23.3. The zero-order valence-electron chi connectivity index (χ0n) is 12.9. The van der Waals surface area contributed by atoms with Crippen molar-refractivity contribution in [1.82, 2.24) is 10.0 Å². The second-order valence-corrected chi connectivity index (χ2v) is 7.64. The number of hydrogen-bond acceptors (Lipinski definition) is 4. The summed E-state index contributed by atoms with van der Waals surface area (Å²) in [5.74, 6) is -1.72. The molecule has 1 atom stereocenters. The SMILES string of the molecule is CC(C)NS(=O)(=O)c1cccc(C(=O)NC(C(=O)O)C2CC2)c1. The zero-order chi connectivity index (χ0) is 17.2. The summed E-state index contributed by atoms with van der Waals surface area (Å²) < 4.78 is 26.7. The first kappa shape index (κ1) is 17.4. The highest BCUT2D eigenvalue weighted by molar-refractivity contribution is 7.89. The van der Waals surface area contributed by atoms with Crippen molar-refractivity contribution in [3.8, 4) is 0 Å². The number of carbonyl (C=O) groups excluding carboxylic acids is 1. The minimum Gasteiger partial charge on any atom is -0.480 e. The Morgan fingerprint density at radius 1 is 1.26 bits per heavy atom. The molecule has 0 aliphatic heterocycles. The molecule has 3 N–H and O–H groups in total. The highest BCUT2D eigenvalue weighted by Crippen LogP contribution is 2.32. The summed E-state index contributed by atoms with van der Waals surface area (Å²) in [5, 5.41) is 11.6. The Morgan fingerprint density at radius 3 is 2.43 bits per heavy atom. The van der Waals surface area contributed by atoms with Gasteiger partial charge in [-0.05, 0) is 50.8 Å². The Bertz CT molecular complexity index is 710. The lowest BCUT2D eigenvalue weighted by molar-refractivity contribution is -0.139. The Labute approximate surface area is 135 Å². The number of aliphatic carboxylic acids is 1. The molecule has 1 aliphatic carbocycles. The van der Waals surface area contributed by atoms with Crippen molar-refractivity contribution in [2.75, 3.05) is 0 Å². The van der Waals surface area contributed by atoms with E-state index in [2.05, 4.69) is 10.0 Å². The van der Waals surface area contributed by atoms with Crippen LogP contribution in [-0.2, 0) is 14.8 Å². The highest BCUT2D eigenvalue weighted by Gasteiger charge is 2.37. The van der Waals surface area contributed by atoms with E-state index in [1.165, 1.54) is 24.3 Å². The Kier molecular flexibility index (Phi) is 5.06. The third kappa shape index (κ3) is 4.52. The zero-order valence-corrected chi connectivity index (χ0v) is 13.8. The van der Waals surface area contributed by atoms with Crippen molar-refractivity contribution in [3.63, 3.8) is 0 Å². The quantitative estimate of drug-likeness (QED) is 0.684. The third-order valence-electron chi connectivity index (χ3n) is 3.44. The summed E-state index contributed by atoms with van der Waals surface area (Å²) in [5.41, 5.74) is 0.114. The molecular weight excluding hydrogens is 320 g/mol. The van der Waals surface area contributed by atoms with E-state index in [4.69, 9.17) is 5.11 Å². The van der Waals surface area contributed by atoms with E-state index in [0.717, 1.165) is 12.8 Å². The van der Waals surface area contributed by atoms with Crippen molar-refractivity contribution in [2.24, 2.45) is 5.92 Å². The molecule has 23 heavy (non-hydrogen) atoms. The number of benzene rings is 1. The highest BCUT2D eigenvalue weighted by atomic mass is 32.2. The third-order valence-corrected chi connectivity index (χ3v) is 5.10. The van der Waals surface area contributed by atoms with Gasteiger partial charge in [0.1, 0.15) is 6.04 Å². The Morgan fingerprint density at radius 2 is 1.91 bits per heavy atom. The number of carbonyl (C=O) groups is 2. The van der Waals surface area contributed by atoms with E-state index >= 15 is 0 Å². The van der Waals surface area contributed by atoms with Crippen molar-refractivity contribution >= 4 is 21.9 Å². The van der Waals surface area contributed by atoms with Crippen LogP contribution < -0.4 is 10.0 Å². The van der Waals surface area contributed by atoms with Crippen LogP contribution in [-0.4, -0.2) is 37.5 Å². The maximum Gasteiger partial charge on any atom is 0.326 e. The second kappa shape index (κ2) is 6.67. The molecule has 1 saturated carbocycles. The minimum absolute atomic E-state index is 0.0304. The molecule has 0 saturated heterocycles. The van der Waals surface area contributed by atoms with E-state index in [0.29, 0.717) is 0 Å². The molecular formula is C15H20N2O5S. The van der Waals surface area contributed by atoms with Gasteiger partial charge in [-0.3, -0.25) is 4.79 Å². The van der Waals surface area contributed by atoms with E-state index in [1.54, 1.807) is 13.8 Å². The van der Waals surface area contributed by atoms with Gasteiger partial charge in [0.15, 0.2) is 0 Å². The molecule has 2 rings (SSSR count). The Balaban J connectivity index is 2.18. The number of nitrogens with one attached hydrogen (secondary N) is 2. The van der Waals surface area contributed by atoms with Crippen molar-refractivity contribution in [3.05, 3.63) is 29.8 Å². The molecule has 0 spiro atoms. The molecule has 0 aromatic heterocycles. The monoisotopic (exact) mass is 340 g/mol. The van der Waals surface area contributed by atoms with Gasteiger partial charge in [0, 0.05) is 11.6 Å². The van der Waals surface area contributed by atoms with Gasteiger partial charge >= 0.3 is 5.97 Å². The molecule has 126 valence electrons. The molecule has 1 aromatic rings. The predicted molar refractivity (Wildman–Crippen MR) is 83.5 cm³/mol. The van der Waals surface area contributed by atoms with Crippen LogP contribution in [0.25, 0.3) is 0 Å². The summed E-state index contributed by atoms with van der Waals surface area (Å²) in [7, 11) is -3.71. The van der Waals surface area contributed by atoms with Gasteiger partial charge in [-0.2, -0.15) is 0 Å². The van der Waals surface area contributed by atoms with Crippen LogP contribution in [0.1, 0.15) is 37.0 Å². The first-order valence-electron chi connectivity index (χ1n) is 7.37. The van der Waals surface area contributed by atoms with Gasteiger partial charge in [0.25, 0.3) is 5.91 Å². The van der Waals surface area contributed by atoms with E-state index in [1.807, 2.05) is 0 Å². The lowest BCUT2D eigenvalue weighted by atomic mass is 10.1. The number of amides is 1. The molecule has 7 nitrogen and oxygen atoms in total. The van der Waals surface area contributed by atoms with Gasteiger partial charge in [0.2, 0.25) is 10.0 Å². The molecule has 1 fully saturated rings. The van der Waals surface area contributed by atoms with E-state index < -0.39 is 27.9 Å². The second-order valence-electron chi connectivity index (χ2n) is 5.93. The van der Waals surface area contributed by atoms with Crippen LogP contribution in [0.15, 0.2) is 29.2 Å². The van der Waals surface area contributed by atoms with Crippen LogP contribution >= 0.6 is 0 Å². The van der Waals surface area contributed by atoms with Crippen LogP contribution in [0.3, 0.4) is 0 Å². The smallest absolute Gasteiger partial charge is 0.326 e. The fraction of sp³-hybridized carbons (Fsp3) is 0.467. The number of sulfonamides is 1. The first-order valence-corrected chi connectivity index (χ1v) is 8.85. The summed E-state index contributed by atoms with van der Waals surface area (Å²) >= 11 is 0. The standard InChI is InChI=1S/C15H20N2O5S/c1-9(2)17-23(21,22)12-5-3-4-11(8-12)14(18)16-13(15(19)20)10-6-7-10/h3-5,8-10,13,17H,6-7H2,1-2H3,(H,16,18)(H,19,20). The fourth-order valence-electron chi connectivity index (χ4n) is 2.22. The number of carboxylic acids is 1. The summed E-state index contributed by atoms with van der Waals surface area (Å²) in [6.45, 7) is 3.39. The van der Waals surface area contributed by atoms with Crippen LogP contribution in [0, 0.1) is 5.92 Å². The number of carboxylic acid groups (broad SMARTS) is 1. The molecule has 1 amide bonds. The average molecular weight is 340 g/mol. The molecule has 1 aromatic carbocycles.